The van der Waals surface area contributed by atoms with Crippen molar-refractivity contribution in [1.82, 2.24) is 24.7 Å². The molecule has 2 aromatic heterocycles. The van der Waals surface area contributed by atoms with Crippen molar-refractivity contribution in [2.75, 3.05) is 39.4 Å². The van der Waals surface area contributed by atoms with Crippen LogP contribution in [0.2, 0.25) is 5.04 Å². The predicted molar refractivity (Wildman–Crippen MR) is 231 cm³/mol. The number of rotatable bonds is 6. The fourth-order valence-corrected chi connectivity index (χ4v) is 13.9. The van der Waals surface area contributed by atoms with Crippen molar-refractivity contribution in [1.29, 1.82) is 0 Å². The SMILES string of the molecule is Cc1c[nH]c2ncc(-c3cc4c(c(C5COCCN5C(=O)OC(C)(C)C)c3)CN(C(=O)N3CCC(O[Si](c5ccccc5)(c5ccccc5)C(C)(C)C)C3)CC4)cc12. The van der Waals surface area contributed by atoms with E-state index in [0.29, 0.717) is 52.4 Å². The number of carbonyl (C=O) groups excluding carboxylic acids is 2. The van der Waals surface area contributed by atoms with Crippen LogP contribution in [0.25, 0.3) is 22.2 Å². The smallest absolute Gasteiger partial charge is 0.410 e. The Morgan fingerprint density at radius 3 is 2.26 bits per heavy atom. The van der Waals surface area contributed by atoms with Crippen LogP contribution in [0.15, 0.2) is 91.3 Å². The monoisotopic (exact) mass is 799 g/mol. The summed E-state index contributed by atoms with van der Waals surface area (Å²) in [5, 5.41) is 3.40. The summed E-state index contributed by atoms with van der Waals surface area (Å²) >= 11 is 0. The van der Waals surface area contributed by atoms with Crippen molar-refractivity contribution < 1.29 is 23.5 Å². The van der Waals surface area contributed by atoms with Crippen LogP contribution in [0.4, 0.5) is 9.59 Å². The number of ether oxygens (including phenoxy) is 2. The lowest BCUT2D eigenvalue weighted by molar-refractivity contribution is -0.0334. The molecule has 5 aromatic rings. The van der Waals surface area contributed by atoms with E-state index in [1.165, 1.54) is 15.9 Å². The second-order valence-corrected chi connectivity index (χ2v) is 22.4. The lowest BCUT2D eigenvalue weighted by Gasteiger charge is -2.44. The van der Waals surface area contributed by atoms with Crippen LogP contribution in [0, 0.1) is 6.92 Å². The van der Waals surface area contributed by atoms with Crippen LogP contribution >= 0.6 is 0 Å². The third kappa shape index (κ3) is 7.67. The molecular weight excluding hydrogens is 743 g/mol. The molecule has 2 unspecified atom stereocenters. The Morgan fingerprint density at radius 1 is 0.879 bits per heavy atom. The molecule has 3 aromatic carbocycles. The zero-order valence-corrected chi connectivity index (χ0v) is 36.0. The Kier molecular flexibility index (Phi) is 10.8. The van der Waals surface area contributed by atoms with Gasteiger partial charge in [-0.15, -0.1) is 0 Å². The molecule has 2 fully saturated rings. The van der Waals surface area contributed by atoms with Gasteiger partial charge in [0.2, 0.25) is 0 Å². The van der Waals surface area contributed by atoms with Gasteiger partial charge in [-0.05, 0) is 95.9 Å². The van der Waals surface area contributed by atoms with Gasteiger partial charge in [0.15, 0.2) is 0 Å². The minimum Gasteiger partial charge on any atom is -0.444 e. The Balaban J connectivity index is 1.09. The number of fused-ring (bicyclic) bond motifs is 2. The molecule has 0 bridgehead atoms. The minimum atomic E-state index is -2.78. The first-order valence-electron chi connectivity index (χ1n) is 20.7. The number of nitrogens with one attached hydrogen (secondary N) is 1. The van der Waals surface area contributed by atoms with Crippen LogP contribution in [0.1, 0.15) is 76.3 Å². The van der Waals surface area contributed by atoms with Crippen molar-refractivity contribution in [2.24, 2.45) is 0 Å². The molecule has 5 heterocycles. The van der Waals surface area contributed by atoms with Crippen molar-refractivity contribution in [3.8, 4) is 11.1 Å². The quantitative estimate of drug-likeness (QED) is 0.175. The van der Waals surface area contributed by atoms with Crippen molar-refractivity contribution in [3.05, 3.63) is 114 Å². The van der Waals surface area contributed by atoms with Gasteiger partial charge in [-0.3, -0.25) is 4.90 Å². The normalized spacial score (nSPS) is 19.1. The number of pyridine rings is 1. The molecule has 8 rings (SSSR count). The Labute approximate surface area is 343 Å². The predicted octanol–water partition coefficient (Wildman–Crippen LogP) is 7.98. The number of aromatic nitrogens is 2. The van der Waals surface area contributed by atoms with Gasteiger partial charge in [0.25, 0.3) is 8.32 Å². The van der Waals surface area contributed by atoms with Crippen LogP contribution < -0.4 is 10.4 Å². The summed E-state index contributed by atoms with van der Waals surface area (Å²) in [6, 6.07) is 27.7. The minimum absolute atomic E-state index is 0.0238. The molecule has 11 heteroatoms. The number of nitrogens with zero attached hydrogens (tertiary/aromatic N) is 4. The maximum Gasteiger partial charge on any atom is 0.410 e. The molecular formula is C47H57N5O5Si. The molecule has 0 saturated carbocycles. The van der Waals surface area contributed by atoms with Crippen molar-refractivity contribution in [3.63, 3.8) is 0 Å². The third-order valence-corrected chi connectivity index (χ3v) is 17.1. The number of amides is 3. The van der Waals surface area contributed by atoms with E-state index < -0.39 is 13.9 Å². The number of H-pyrrole nitrogens is 1. The molecule has 2 saturated heterocycles. The molecule has 0 aliphatic carbocycles. The summed E-state index contributed by atoms with van der Waals surface area (Å²) in [6.45, 7) is 18.0. The molecule has 58 heavy (non-hydrogen) atoms. The number of benzene rings is 3. The highest BCUT2D eigenvalue weighted by atomic mass is 28.4. The zero-order chi connectivity index (χ0) is 40.8. The van der Waals surface area contributed by atoms with Gasteiger partial charge in [0.05, 0.1) is 25.4 Å². The summed E-state index contributed by atoms with van der Waals surface area (Å²) in [4.78, 5) is 42.1. The second-order valence-electron chi connectivity index (χ2n) is 18.2. The number of morpholine rings is 1. The summed E-state index contributed by atoms with van der Waals surface area (Å²) in [5.41, 5.74) is 6.60. The van der Waals surface area contributed by atoms with Gasteiger partial charge < -0.3 is 28.7 Å². The number of hydrogen-bond donors (Lipinski definition) is 1. The maximum absolute atomic E-state index is 14.6. The van der Waals surface area contributed by atoms with Crippen LogP contribution in [0.5, 0.6) is 0 Å². The molecule has 2 atom stereocenters. The molecule has 3 aliphatic rings. The second kappa shape index (κ2) is 15.7. The number of aryl methyl sites for hydroxylation is 1. The first kappa shape index (κ1) is 39.8. The average molecular weight is 800 g/mol. The van der Waals surface area contributed by atoms with Gasteiger partial charge in [-0.1, -0.05) is 87.5 Å². The highest BCUT2D eigenvalue weighted by molar-refractivity contribution is 6.99. The highest BCUT2D eigenvalue weighted by Crippen LogP contribution is 2.40. The first-order valence-corrected chi connectivity index (χ1v) is 22.6. The molecule has 304 valence electrons. The summed E-state index contributed by atoms with van der Waals surface area (Å²) < 4.78 is 19.5. The molecule has 10 nitrogen and oxygen atoms in total. The molecule has 0 radical (unpaired) electrons. The lowest BCUT2D eigenvalue weighted by atomic mass is 9.87. The number of hydrogen-bond acceptors (Lipinski definition) is 6. The average Bonchev–Trinajstić information content (AvgIpc) is 3.84. The fourth-order valence-electron chi connectivity index (χ4n) is 9.16. The molecule has 3 amide bonds. The van der Waals surface area contributed by atoms with Gasteiger partial charge in [-0.25, -0.2) is 14.6 Å². The zero-order valence-electron chi connectivity index (χ0n) is 35.0. The standard InChI is InChI=1S/C47H57N5O5Si/c1-32-27-48-43-39(32)26-35(28-49-43)34-24-33-18-20-51(30-41(33)40(25-34)42-31-55-23-22-52(42)45(54)56-46(2,3)4)44(53)50-21-19-36(29-50)57-58(47(5,6)7,37-14-10-8-11-15-37)38-16-12-9-13-17-38/h8-17,24-28,36,42H,18-23,29-31H2,1-7H3,(H,48,49). The first-order chi connectivity index (χ1) is 27.7. The topological polar surface area (TPSA) is 100 Å². The van der Waals surface area contributed by atoms with E-state index in [2.05, 4.69) is 112 Å². The third-order valence-electron chi connectivity index (χ3n) is 12.0. The molecule has 1 N–H and O–H groups in total. The van der Waals surface area contributed by atoms with E-state index in [4.69, 9.17) is 18.9 Å². The Morgan fingerprint density at radius 2 is 1.59 bits per heavy atom. The maximum atomic E-state index is 14.6. The van der Waals surface area contributed by atoms with E-state index in [9.17, 15) is 9.59 Å². The van der Waals surface area contributed by atoms with E-state index in [1.54, 1.807) is 4.90 Å². The number of likely N-dealkylation sites (tertiary alicyclic amines) is 1. The number of aromatic amines is 1. The van der Waals surface area contributed by atoms with E-state index in [-0.39, 0.29) is 29.3 Å². The van der Waals surface area contributed by atoms with Crippen molar-refractivity contribution >= 4 is 41.8 Å². The van der Waals surface area contributed by atoms with Crippen molar-refractivity contribution in [2.45, 2.75) is 90.6 Å². The van der Waals surface area contributed by atoms with Crippen LogP contribution in [-0.4, -0.2) is 96.2 Å². The fraction of sp³-hybridized carbons (Fsp3) is 0.426. The molecule has 0 spiro atoms. The summed E-state index contributed by atoms with van der Waals surface area (Å²) in [7, 11) is -2.78. The number of carbonyl (C=O) groups is 2. The summed E-state index contributed by atoms with van der Waals surface area (Å²) in [6.07, 6.45) is 4.90. The highest BCUT2D eigenvalue weighted by Gasteiger charge is 2.52. The summed E-state index contributed by atoms with van der Waals surface area (Å²) in [5.74, 6) is 0. The van der Waals surface area contributed by atoms with Crippen LogP contribution in [0.3, 0.4) is 0 Å². The number of urea groups is 1. The van der Waals surface area contributed by atoms with Gasteiger partial charge in [0, 0.05) is 56.1 Å². The van der Waals surface area contributed by atoms with Crippen LogP contribution in [-0.2, 0) is 26.9 Å². The van der Waals surface area contributed by atoms with Gasteiger partial charge in [-0.2, -0.15) is 0 Å². The Hall–Kier alpha value is -4.97. The lowest BCUT2D eigenvalue weighted by Crippen LogP contribution is -2.67. The van der Waals surface area contributed by atoms with E-state index in [1.807, 2.05) is 43.0 Å². The van der Waals surface area contributed by atoms with E-state index in [0.717, 1.165) is 45.3 Å². The van der Waals surface area contributed by atoms with Gasteiger partial charge >= 0.3 is 12.1 Å². The van der Waals surface area contributed by atoms with E-state index >= 15 is 0 Å². The molecule has 3 aliphatic heterocycles. The Bertz CT molecular complexity index is 2240. The largest absolute Gasteiger partial charge is 0.444 e. The van der Waals surface area contributed by atoms with Gasteiger partial charge in [0.1, 0.15) is 11.2 Å².